The van der Waals surface area contributed by atoms with E-state index < -0.39 is 0 Å². The van der Waals surface area contributed by atoms with E-state index in [1.165, 1.54) is 11.0 Å². The first-order valence-electron chi connectivity index (χ1n) is 5.58. The van der Waals surface area contributed by atoms with Crippen LogP contribution < -0.4 is 11.1 Å². The third-order valence-corrected chi connectivity index (χ3v) is 2.45. The highest BCUT2D eigenvalue weighted by Crippen LogP contribution is 2.05. The van der Waals surface area contributed by atoms with Crippen LogP contribution in [0.15, 0.2) is 6.33 Å². The Morgan fingerprint density at radius 1 is 1.65 bits per heavy atom. The van der Waals surface area contributed by atoms with Crippen LogP contribution in [0.5, 0.6) is 0 Å². The SMILES string of the molecule is CC(C)C(CCO)NC(=O)Cn1cnc(N)n1. The number of carbonyl (C=O) groups excluding carboxylic acids is 1. The molecule has 1 unspecified atom stereocenters. The molecule has 1 aromatic rings. The van der Waals surface area contributed by atoms with Crippen LogP contribution in [-0.2, 0) is 11.3 Å². The third-order valence-electron chi connectivity index (χ3n) is 2.45. The van der Waals surface area contributed by atoms with Crippen molar-refractivity contribution in [2.24, 2.45) is 5.92 Å². The van der Waals surface area contributed by atoms with E-state index in [4.69, 9.17) is 10.8 Å². The van der Waals surface area contributed by atoms with Gasteiger partial charge in [0.15, 0.2) is 0 Å². The lowest BCUT2D eigenvalue weighted by atomic mass is 10.0. The fraction of sp³-hybridized carbons (Fsp3) is 0.700. The minimum Gasteiger partial charge on any atom is -0.396 e. The minimum atomic E-state index is -0.165. The fourth-order valence-corrected chi connectivity index (χ4v) is 1.50. The van der Waals surface area contributed by atoms with Crippen LogP contribution in [0.3, 0.4) is 0 Å². The maximum atomic E-state index is 11.7. The summed E-state index contributed by atoms with van der Waals surface area (Å²) in [6.07, 6.45) is 1.95. The molecule has 1 rings (SSSR count). The standard InChI is InChI=1S/C10H19N5O2/c1-7(2)8(3-4-16)13-9(17)5-15-6-12-10(11)14-15/h6-8,16H,3-5H2,1-2H3,(H2,11,14)(H,13,17). The van der Waals surface area contributed by atoms with E-state index in [1.54, 1.807) is 0 Å². The van der Waals surface area contributed by atoms with Gasteiger partial charge in [0.05, 0.1) is 0 Å². The number of hydrogen-bond donors (Lipinski definition) is 3. The highest BCUT2D eigenvalue weighted by Gasteiger charge is 2.15. The number of nitrogens with one attached hydrogen (secondary N) is 1. The van der Waals surface area contributed by atoms with Gasteiger partial charge in [-0.05, 0) is 12.3 Å². The molecule has 1 aromatic heterocycles. The fourth-order valence-electron chi connectivity index (χ4n) is 1.50. The van der Waals surface area contributed by atoms with Crippen LogP contribution in [0.4, 0.5) is 5.95 Å². The summed E-state index contributed by atoms with van der Waals surface area (Å²) in [5, 5.41) is 15.6. The largest absolute Gasteiger partial charge is 0.396 e. The summed E-state index contributed by atoms with van der Waals surface area (Å²) in [5.74, 6) is 0.252. The summed E-state index contributed by atoms with van der Waals surface area (Å²) in [6.45, 7) is 4.13. The Labute approximate surface area is 100 Å². The number of hydrogen-bond acceptors (Lipinski definition) is 5. The molecule has 0 fully saturated rings. The van der Waals surface area contributed by atoms with E-state index in [0.29, 0.717) is 6.42 Å². The molecule has 7 nitrogen and oxygen atoms in total. The lowest BCUT2D eigenvalue weighted by Gasteiger charge is -2.21. The summed E-state index contributed by atoms with van der Waals surface area (Å²) >= 11 is 0. The summed E-state index contributed by atoms with van der Waals surface area (Å²) in [6, 6.07) is -0.0339. The maximum absolute atomic E-state index is 11.7. The second kappa shape index (κ2) is 6.19. The monoisotopic (exact) mass is 241 g/mol. The van der Waals surface area contributed by atoms with Crippen LogP contribution in [0.25, 0.3) is 0 Å². The van der Waals surface area contributed by atoms with Gasteiger partial charge in [-0.1, -0.05) is 13.8 Å². The molecule has 4 N–H and O–H groups in total. The maximum Gasteiger partial charge on any atom is 0.242 e. The third kappa shape index (κ3) is 4.39. The lowest BCUT2D eigenvalue weighted by Crippen LogP contribution is -2.40. The average molecular weight is 241 g/mol. The number of nitrogens with zero attached hydrogens (tertiary/aromatic N) is 3. The number of anilines is 1. The smallest absolute Gasteiger partial charge is 0.242 e. The number of amides is 1. The molecular weight excluding hydrogens is 222 g/mol. The molecule has 0 saturated heterocycles. The Bertz CT molecular complexity index is 363. The van der Waals surface area contributed by atoms with E-state index >= 15 is 0 Å². The molecule has 1 amide bonds. The Hall–Kier alpha value is -1.63. The predicted molar refractivity (Wildman–Crippen MR) is 62.9 cm³/mol. The first-order valence-corrected chi connectivity index (χ1v) is 5.58. The van der Waals surface area contributed by atoms with Gasteiger partial charge in [0.25, 0.3) is 0 Å². The number of aromatic nitrogens is 3. The Balaban J connectivity index is 2.47. The molecule has 1 heterocycles. The van der Waals surface area contributed by atoms with Crippen molar-refractivity contribution in [3.63, 3.8) is 0 Å². The van der Waals surface area contributed by atoms with Gasteiger partial charge in [0.2, 0.25) is 11.9 Å². The Morgan fingerprint density at radius 3 is 2.82 bits per heavy atom. The van der Waals surface area contributed by atoms with Gasteiger partial charge in [0.1, 0.15) is 12.9 Å². The summed E-state index contributed by atoms with van der Waals surface area (Å²) in [4.78, 5) is 15.4. The number of rotatable bonds is 6. The van der Waals surface area contributed by atoms with Crippen molar-refractivity contribution in [2.75, 3.05) is 12.3 Å². The van der Waals surface area contributed by atoms with Gasteiger partial charge in [-0.15, -0.1) is 5.10 Å². The second-order valence-corrected chi connectivity index (χ2v) is 4.23. The quantitative estimate of drug-likeness (QED) is 0.615. The molecule has 0 aromatic carbocycles. The van der Waals surface area contributed by atoms with Gasteiger partial charge in [0, 0.05) is 12.6 Å². The Kier molecular flexibility index (Phi) is 4.89. The van der Waals surface area contributed by atoms with Gasteiger partial charge in [-0.3, -0.25) is 4.79 Å². The molecule has 17 heavy (non-hydrogen) atoms. The van der Waals surface area contributed by atoms with Crippen molar-refractivity contribution >= 4 is 11.9 Å². The number of nitrogens with two attached hydrogens (primary N) is 1. The van der Waals surface area contributed by atoms with Crippen molar-refractivity contribution in [1.29, 1.82) is 0 Å². The number of nitrogen functional groups attached to an aromatic ring is 1. The average Bonchev–Trinajstić information content (AvgIpc) is 2.63. The molecule has 1 atom stereocenters. The van der Waals surface area contributed by atoms with Crippen molar-refractivity contribution in [3.8, 4) is 0 Å². The molecule has 0 radical (unpaired) electrons. The molecule has 0 bridgehead atoms. The highest BCUT2D eigenvalue weighted by atomic mass is 16.3. The van der Waals surface area contributed by atoms with E-state index in [0.717, 1.165) is 0 Å². The molecule has 0 spiro atoms. The van der Waals surface area contributed by atoms with Gasteiger partial charge in [-0.25, -0.2) is 9.67 Å². The normalized spacial score (nSPS) is 12.7. The zero-order chi connectivity index (χ0) is 12.8. The molecule has 7 heteroatoms. The molecule has 0 aliphatic carbocycles. The summed E-state index contributed by atoms with van der Waals surface area (Å²) in [7, 11) is 0. The van der Waals surface area contributed by atoms with Crippen LogP contribution in [0, 0.1) is 5.92 Å². The van der Waals surface area contributed by atoms with Gasteiger partial charge >= 0.3 is 0 Å². The lowest BCUT2D eigenvalue weighted by molar-refractivity contribution is -0.123. The second-order valence-electron chi connectivity index (χ2n) is 4.23. The predicted octanol–water partition coefficient (Wildman–Crippen LogP) is -0.616. The van der Waals surface area contributed by atoms with Crippen molar-refractivity contribution < 1.29 is 9.90 Å². The zero-order valence-corrected chi connectivity index (χ0v) is 10.1. The van der Waals surface area contributed by atoms with E-state index in [9.17, 15) is 4.79 Å². The van der Waals surface area contributed by atoms with Crippen LogP contribution in [0.1, 0.15) is 20.3 Å². The Morgan fingerprint density at radius 2 is 2.35 bits per heavy atom. The number of aliphatic hydroxyl groups excluding tert-OH is 1. The van der Waals surface area contributed by atoms with Crippen LogP contribution in [0.2, 0.25) is 0 Å². The zero-order valence-electron chi connectivity index (χ0n) is 10.1. The molecular formula is C10H19N5O2. The van der Waals surface area contributed by atoms with Gasteiger partial charge < -0.3 is 16.2 Å². The molecule has 96 valence electrons. The van der Waals surface area contributed by atoms with E-state index in [2.05, 4.69) is 15.4 Å². The van der Waals surface area contributed by atoms with Crippen LogP contribution in [-0.4, -0.2) is 38.4 Å². The van der Waals surface area contributed by atoms with Crippen LogP contribution >= 0.6 is 0 Å². The topological polar surface area (TPSA) is 106 Å². The summed E-state index contributed by atoms with van der Waals surface area (Å²) < 4.78 is 1.38. The molecule has 0 aliphatic heterocycles. The molecule has 0 aliphatic rings. The van der Waals surface area contributed by atoms with Crippen molar-refractivity contribution in [3.05, 3.63) is 6.33 Å². The molecule has 0 saturated carbocycles. The minimum absolute atomic E-state index is 0.0339. The number of aliphatic hydroxyl groups is 1. The van der Waals surface area contributed by atoms with Crippen molar-refractivity contribution in [2.45, 2.75) is 32.9 Å². The number of carbonyl (C=O) groups is 1. The van der Waals surface area contributed by atoms with Gasteiger partial charge in [-0.2, -0.15) is 0 Å². The van der Waals surface area contributed by atoms with E-state index in [1.807, 2.05) is 13.8 Å². The van der Waals surface area contributed by atoms with E-state index in [-0.39, 0.29) is 37.0 Å². The highest BCUT2D eigenvalue weighted by molar-refractivity contribution is 5.75. The summed E-state index contributed by atoms with van der Waals surface area (Å²) in [5.41, 5.74) is 5.34. The first-order chi connectivity index (χ1) is 8.02. The first kappa shape index (κ1) is 13.4. The van der Waals surface area contributed by atoms with Crippen molar-refractivity contribution in [1.82, 2.24) is 20.1 Å².